The van der Waals surface area contributed by atoms with Gasteiger partial charge in [-0.15, -0.1) is 0 Å². The maximum absolute atomic E-state index is 11.8. The fraction of sp³-hybridized carbons (Fsp3) is 0.0909. The van der Waals surface area contributed by atoms with Gasteiger partial charge in [0.2, 0.25) is 0 Å². The maximum Gasteiger partial charge on any atom is 0.255 e. The van der Waals surface area contributed by atoms with E-state index in [2.05, 4.69) is 15.5 Å². The summed E-state index contributed by atoms with van der Waals surface area (Å²) in [5, 5.41) is 18.8. The van der Waals surface area contributed by atoms with Gasteiger partial charge in [0.25, 0.3) is 5.91 Å². The number of nitrogens with one attached hydrogen (secondary N) is 2. The number of nitrogen functional groups attached to an aromatic ring is 1. The number of carbonyl (C=O) groups is 1. The second-order valence-electron chi connectivity index (χ2n) is 3.65. The Labute approximate surface area is 108 Å². The predicted octanol–water partition coefficient (Wildman–Crippen LogP) is 1.28. The summed E-state index contributed by atoms with van der Waals surface area (Å²) in [5.41, 5.74) is 6.37. The zero-order chi connectivity index (χ0) is 13.1. The Kier molecular flexibility index (Phi) is 3.38. The molecule has 5 N–H and O–H groups in total. The molecule has 0 saturated heterocycles. The highest BCUT2D eigenvalue weighted by Crippen LogP contribution is 2.21. The van der Waals surface area contributed by atoms with E-state index in [0.717, 1.165) is 0 Å². The van der Waals surface area contributed by atoms with Crippen molar-refractivity contribution < 1.29 is 9.90 Å². The van der Waals surface area contributed by atoms with Gasteiger partial charge in [-0.1, -0.05) is 11.6 Å². The van der Waals surface area contributed by atoms with Crippen LogP contribution in [0.1, 0.15) is 15.9 Å². The fourth-order valence-corrected chi connectivity index (χ4v) is 1.59. The summed E-state index contributed by atoms with van der Waals surface area (Å²) in [4.78, 5) is 11.8. The van der Waals surface area contributed by atoms with Crippen LogP contribution in [0, 0.1) is 0 Å². The molecule has 1 amide bonds. The first-order valence-corrected chi connectivity index (χ1v) is 5.50. The van der Waals surface area contributed by atoms with Crippen molar-refractivity contribution in [1.29, 1.82) is 0 Å². The minimum Gasteiger partial charge on any atom is -0.507 e. The molecule has 18 heavy (non-hydrogen) atoms. The lowest BCUT2D eigenvalue weighted by Gasteiger charge is -2.06. The van der Waals surface area contributed by atoms with Crippen LogP contribution in [0.5, 0.6) is 5.75 Å². The number of carbonyl (C=O) groups excluding carboxylic acids is 1. The first-order chi connectivity index (χ1) is 8.58. The Morgan fingerprint density at radius 2 is 2.33 bits per heavy atom. The lowest BCUT2D eigenvalue weighted by molar-refractivity contribution is 0.0948. The van der Waals surface area contributed by atoms with E-state index in [1.165, 1.54) is 24.4 Å². The number of phenols is 1. The van der Waals surface area contributed by atoms with E-state index in [1.807, 2.05) is 0 Å². The van der Waals surface area contributed by atoms with Crippen molar-refractivity contribution in [2.75, 3.05) is 5.73 Å². The van der Waals surface area contributed by atoms with E-state index in [4.69, 9.17) is 17.3 Å². The number of aromatic nitrogens is 2. The van der Waals surface area contributed by atoms with Crippen molar-refractivity contribution >= 4 is 23.3 Å². The molecule has 0 fully saturated rings. The van der Waals surface area contributed by atoms with Gasteiger partial charge < -0.3 is 16.2 Å². The summed E-state index contributed by atoms with van der Waals surface area (Å²) < 4.78 is 0. The van der Waals surface area contributed by atoms with Crippen molar-refractivity contribution in [1.82, 2.24) is 15.5 Å². The van der Waals surface area contributed by atoms with E-state index in [9.17, 15) is 9.90 Å². The molecule has 0 bridgehead atoms. The molecule has 94 valence electrons. The van der Waals surface area contributed by atoms with Crippen LogP contribution >= 0.6 is 11.6 Å². The summed E-state index contributed by atoms with van der Waals surface area (Å²) >= 11 is 5.76. The van der Waals surface area contributed by atoms with E-state index < -0.39 is 5.91 Å². The number of halogens is 1. The Hall–Kier alpha value is -2.21. The fourth-order valence-electron chi connectivity index (χ4n) is 1.42. The van der Waals surface area contributed by atoms with Crippen molar-refractivity contribution in [3.8, 4) is 5.75 Å². The molecule has 6 nitrogen and oxygen atoms in total. The topological polar surface area (TPSA) is 104 Å². The Morgan fingerprint density at radius 3 is 3.00 bits per heavy atom. The summed E-state index contributed by atoms with van der Waals surface area (Å²) in [6.07, 6.45) is 1.52. The van der Waals surface area contributed by atoms with Crippen LogP contribution in [-0.4, -0.2) is 21.2 Å². The number of aromatic amines is 1. The van der Waals surface area contributed by atoms with Gasteiger partial charge in [-0.05, 0) is 18.2 Å². The average Bonchev–Trinajstić information content (AvgIpc) is 2.75. The number of hydrogen-bond donors (Lipinski definition) is 4. The molecule has 0 radical (unpaired) electrons. The SMILES string of the molecule is Nc1[nH]ncc1CNC(=O)c1cc(Cl)ccc1O. The largest absolute Gasteiger partial charge is 0.507 e. The summed E-state index contributed by atoms with van der Waals surface area (Å²) in [6, 6.07) is 4.26. The summed E-state index contributed by atoms with van der Waals surface area (Å²) in [5.74, 6) is -0.168. The number of anilines is 1. The molecule has 7 heteroatoms. The molecule has 2 rings (SSSR count). The number of H-pyrrole nitrogens is 1. The third kappa shape index (κ3) is 2.54. The highest BCUT2D eigenvalue weighted by Gasteiger charge is 2.12. The molecule has 0 spiro atoms. The molecular weight excluding hydrogens is 256 g/mol. The zero-order valence-corrected chi connectivity index (χ0v) is 10.0. The molecule has 0 aliphatic heterocycles. The van der Waals surface area contributed by atoms with Crippen LogP contribution in [0.2, 0.25) is 5.02 Å². The van der Waals surface area contributed by atoms with Crippen LogP contribution < -0.4 is 11.1 Å². The minimum absolute atomic E-state index is 0.115. The molecular formula is C11H11ClN4O2. The van der Waals surface area contributed by atoms with E-state index in [1.54, 1.807) is 0 Å². The normalized spacial score (nSPS) is 10.3. The lowest BCUT2D eigenvalue weighted by atomic mass is 10.2. The Balaban J connectivity index is 2.08. The smallest absolute Gasteiger partial charge is 0.255 e. The number of nitrogens with zero attached hydrogens (tertiary/aromatic N) is 1. The first-order valence-electron chi connectivity index (χ1n) is 5.12. The highest BCUT2D eigenvalue weighted by molar-refractivity contribution is 6.31. The van der Waals surface area contributed by atoms with E-state index in [0.29, 0.717) is 16.4 Å². The van der Waals surface area contributed by atoms with Gasteiger partial charge in [0, 0.05) is 17.1 Å². The van der Waals surface area contributed by atoms with Gasteiger partial charge in [-0.25, -0.2) is 0 Å². The Morgan fingerprint density at radius 1 is 1.56 bits per heavy atom. The monoisotopic (exact) mass is 266 g/mol. The van der Waals surface area contributed by atoms with Gasteiger partial charge >= 0.3 is 0 Å². The number of benzene rings is 1. The molecule has 0 unspecified atom stereocenters. The quantitative estimate of drug-likeness (QED) is 0.672. The van der Waals surface area contributed by atoms with Crippen molar-refractivity contribution in [3.05, 3.63) is 40.5 Å². The van der Waals surface area contributed by atoms with Gasteiger partial charge in [-0.2, -0.15) is 5.10 Å². The van der Waals surface area contributed by atoms with Crippen molar-refractivity contribution in [2.45, 2.75) is 6.54 Å². The number of amides is 1. The first kappa shape index (κ1) is 12.3. The van der Waals surface area contributed by atoms with Gasteiger partial charge in [0.15, 0.2) is 0 Å². The third-order valence-corrected chi connectivity index (χ3v) is 2.63. The molecule has 0 saturated carbocycles. The van der Waals surface area contributed by atoms with Gasteiger partial charge in [0.05, 0.1) is 11.8 Å². The van der Waals surface area contributed by atoms with Crippen molar-refractivity contribution in [3.63, 3.8) is 0 Å². The predicted molar refractivity (Wildman–Crippen MR) is 67.3 cm³/mol. The number of rotatable bonds is 3. The van der Waals surface area contributed by atoms with Crippen LogP contribution in [0.3, 0.4) is 0 Å². The average molecular weight is 267 g/mol. The van der Waals surface area contributed by atoms with Crippen molar-refractivity contribution in [2.24, 2.45) is 0 Å². The molecule has 0 atom stereocenters. The zero-order valence-electron chi connectivity index (χ0n) is 9.27. The van der Waals surface area contributed by atoms with Gasteiger partial charge in [-0.3, -0.25) is 9.89 Å². The van der Waals surface area contributed by atoms with Crippen LogP contribution in [0.25, 0.3) is 0 Å². The molecule has 1 aromatic heterocycles. The number of aromatic hydroxyl groups is 1. The van der Waals surface area contributed by atoms with E-state index >= 15 is 0 Å². The second-order valence-corrected chi connectivity index (χ2v) is 4.09. The van der Waals surface area contributed by atoms with E-state index in [-0.39, 0.29) is 17.9 Å². The second kappa shape index (κ2) is 4.97. The summed E-state index contributed by atoms with van der Waals surface area (Å²) in [6.45, 7) is 0.215. The minimum atomic E-state index is -0.435. The van der Waals surface area contributed by atoms with Crippen LogP contribution in [0.4, 0.5) is 5.82 Å². The molecule has 2 aromatic rings. The van der Waals surface area contributed by atoms with Gasteiger partial charge in [0.1, 0.15) is 11.6 Å². The highest BCUT2D eigenvalue weighted by atomic mass is 35.5. The lowest BCUT2D eigenvalue weighted by Crippen LogP contribution is -2.23. The Bertz CT molecular complexity index is 582. The number of nitrogens with two attached hydrogens (primary N) is 1. The third-order valence-electron chi connectivity index (χ3n) is 2.39. The number of hydrogen-bond acceptors (Lipinski definition) is 4. The van der Waals surface area contributed by atoms with Crippen LogP contribution in [-0.2, 0) is 6.54 Å². The van der Waals surface area contributed by atoms with Crippen LogP contribution in [0.15, 0.2) is 24.4 Å². The molecule has 0 aliphatic rings. The molecule has 1 heterocycles. The maximum atomic E-state index is 11.8. The molecule has 0 aliphatic carbocycles. The summed E-state index contributed by atoms with van der Waals surface area (Å²) in [7, 11) is 0. The standard InChI is InChI=1S/C11H11ClN4O2/c12-7-1-2-9(17)8(3-7)11(18)14-4-6-5-15-16-10(6)13/h1-3,5,17H,4H2,(H,14,18)(H3,13,15,16). The number of phenolic OH excluding ortho intramolecular Hbond substituents is 1. The molecule has 1 aromatic carbocycles.